The molecular formula is C32H33BrN2O3. The third-order valence-corrected chi connectivity index (χ3v) is 7.17. The zero-order chi connectivity index (χ0) is 27.1. The zero-order valence-electron chi connectivity index (χ0n) is 22.0. The van der Waals surface area contributed by atoms with Crippen LogP contribution in [0.1, 0.15) is 30.5 Å². The van der Waals surface area contributed by atoms with Gasteiger partial charge in [0.15, 0.2) is 6.61 Å². The number of ether oxygens (including phenoxy) is 1. The van der Waals surface area contributed by atoms with E-state index in [1.165, 1.54) is 0 Å². The fraction of sp³-hybridized carbons (Fsp3) is 0.250. The summed E-state index contributed by atoms with van der Waals surface area (Å²) in [7, 11) is 0. The highest BCUT2D eigenvalue weighted by Crippen LogP contribution is 2.33. The van der Waals surface area contributed by atoms with Crippen LogP contribution in [0.5, 0.6) is 5.75 Å². The summed E-state index contributed by atoms with van der Waals surface area (Å²) in [6, 6.07) is 28.9. The van der Waals surface area contributed by atoms with E-state index in [1.54, 1.807) is 4.90 Å². The van der Waals surface area contributed by atoms with Crippen LogP contribution >= 0.6 is 15.9 Å². The van der Waals surface area contributed by atoms with E-state index in [4.69, 9.17) is 4.74 Å². The molecule has 0 fully saturated rings. The number of carbonyl (C=O) groups is 2. The highest BCUT2D eigenvalue weighted by Gasteiger charge is 2.31. The van der Waals surface area contributed by atoms with Crippen LogP contribution in [0.15, 0.2) is 95.5 Å². The molecule has 0 unspecified atom stereocenters. The zero-order valence-corrected chi connectivity index (χ0v) is 23.6. The van der Waals surface area contributed by atoms with E-state index in [-0.39, 0.29) is 24.5 Å². The molecule has 1 N–H and O–H groups in total. The number of hydrogen-bond acceptors (Lipinski definition) is 3. The van der Waals surface area contributed by atoms with Crippen LogP contribution in [0.2, 0.25) is 0 Å². The first-order valence-corrected chi connectivity index (χ1v) is 13.6. The minimum atomic E-state index is -0.697. The third-order valence-electron chi connectivity index (χ3n) is 6.35. The van der Waals surface area contributed by atoms with Crippen LogP contribution in [0, 0.1) is 6.92 Å². The smallest absolute Gasteiger partial charge is 0.261 e. The van der Waals surface area contributed by atoms with Gasteiger partial charge in [0.1, 0.15) is 11.8 Å². The van der Waals surface area contributed by atoms with E-state index in [1.807, 2.05) is 112 Å². The van der Waals surface area contributed by atoms with Crippen molar-refractivity contribution in [2.24, 2.45) is 0 Å². The van der Waals surface area contributed by atoms with Gasteiger partial charge in [-0.3, -0.25) is 9.59 Å². The fourth-order valence-electron chi connectivity index (χ4n) is 4.37. The molecule has 4 rings (SSSR count). The number of fused-ring (bicyclic) bond motifs is 1. The molecular weight excluding hydrogens is 540 g/mol. The first kappa shape index (κ1) is 27.4. The van der Waals surface area contributed by atoms with Gasteiger partial charge in [0.25, 0.3) is 5.91 Å². The molecule has 0 aliphatic heterocycles. The van der Waals surface area contributed by atoms with Gasteiger partial charge >= 0.3 is 0 Å². The van der Waals surface area contributed by atoms with Crippen LogP contribution < -0.4 is 10.1 Å². The second-order valence-electron chi connectivity index (χ2n) is 9.76. The molecule has 38 heavy (non-hydrogen) atoms. The van der Waals surface area contributed by atoms with Crippen LogP contribution in [0.25, 0.3) is 10.8 Å². The van der Waals surface area contributed by atoms with Crippen molar-refractivity contribution in [2.45, 2.75) is 45.8 Å². The topological polar surface area (TPSA) is 58.6 Å². The van der Waals surface area contributed by atoms with Crippen molar-refractivity contribution >= 4 is 38.5 Å². The van der Waals surface area contributed by atoms with Crippen molar-refractivity contribution in [3.8, 4) is 5.75 Å². The number of nitrogens with zero attached hydrogens (tertiary/aromatic N) is 1. The molecule has 0 radical (unpaired) electrons. The van der Waals surface area contributed by atoms with Gasteiger partial charge in [-0.05, 0) is 64.7 Å². The number of carbonyl (C=O) groups excluding carboxylic acids is 2. The molecule has 0 aliphatic rings. The predicted molar refractivity (Wildman–Crippen MR) is 156 cm³/mol. The lowest BCUT2D eigenvalue weighted by molar-refractivity contribution is -0.143. The van der Waals surface area contributed by atoms with Crippen LogP contribution in [0.4, 0.5) is 0 Å². The van der Waals surface area contributed by atoms with Crippen molar-refractivity contribution in [1.82, 2.24) is 10.2 Å². The summed E-state index contributed by atoms with van der Waals surface area (Å²) in [6.45, 7) is 5.97. The van der Waals surface area contributed by atoms with Crippen LogP contribution in [-0.2, 0) is 22.6 Å². The number of halogens is 1. The number of rotatable bonds is 10. The first-order valence-electron chi connectivity index (χ1n) is 12.8. The number of benzene rings is 4. The normalized spacial score (nSPS) is 11.8. The molecule has 4 aromatic rings. The van der Waals surface area contributed by atoms with Gasteiger partial charge in [-0.1, -0.05) is 90.5 Å². The molecule has 196 valence electrons. The lowest BCUT2D eigenvalue weighted by atomic mass is 10.0. The molecule has 5 nitrogen and oxygen atoms in total. The minimum Gasteiger partial charge on any atom is -0.483 e. The van der Waals surface area contributed by atoms with Gasteiger partial charge in [-0.2, -0.15) is 0 Å². The molecule has 0 heterocycles. The van der Waals surface area contributed by atoms with Crippen LogP contribution in [0.3, 0.4) is 0 Å². The largest absolute Gasteiger partial charge is 0.483 e. The standard InChI is InChI=1S/C32H33BrN2O3/c1-22(2)34-32(37)28(19-24-9-5-4-6-10-24)35(20-25-15-13-23(3)14-16-25)30(36)21-38-29-18-17-26-11-7-8-12-27(26)31(29)33/h4-18,22,28H,19-21H2,1-3H3,(H,34,37)/t28-/m0/s1. The minimum absolute atomic E-state index is 0.0538. The fourth-order valence-corrected chi connectivity index (χ4v) is 4.98. The van der Waals surface area contributed by atoms with Gasteiger partial charge in [0.05, 0.1) is 4.47 Å². The van der Waals surface area contributed by atoms with Gasteiger partial charge in [0.2, 0.25) is 5.91 Å². The molecule has 0 saturated heterocycles. The second kappa shape index (κ2) is 12.7. The average molecular weight is 574 g/mol. The Labute approximate surface area is 232 Å². The molecule has 0 saturated carbocycles. The monoisotopic (exact) mass is 572 g/mol. The Morgan fingerprint density at radius 2 is 1.55 bits per heavy atom. The van der Waals surface area contributed by atoms with E-state index in [9.17, 15) is 9.59 Å². The highest BCUT2D eigenvalue weighted by atomic mass is 79.9. The predicted octanol–water partition coefficient (Wildman–Crippen LogP) is 6.45. The Morgan fingerprint density at radius 3 is 2.26 bits per heavy atom. The maximum atomic E-state index is 13.8. The van der Waals surface area contributed by atoms with Gasteiger partial charge in [-0.15, -0.1) is 0 Å². The third kappa shape index (κ3) is 7.01. The van der Waals surface area contributed by atoms with Crippen molar-refractivity contribution < 1.29 is 14.3 Å². The molecule has 0 aromatic heterocycles. The van der Waals surface area contributed by atoms with E-state index >= 15 is 0 Å². The summed E-state index contributed by atoms with van der Waals surface area (Å²) in [4.78, 5) is 28.9. The maximum Gasteiger partial charge on any atom is 0.261 e. The number of aryl methyl sites for hydroxylation is 1. The summed E-state index contributed by atoms with van der Waals surface area (Å²) in [6.07, 6.45) is 0.399. The lowest BCUT2D eigenvalue weighted by Gasteiger charge is -2.32. The Morgan fingerprint density at radius 1 is 0.868 bits per heavy atom. The summed E-state index contributed by atoms with van der Waals surface area (Å²) >= 11 is 3.64. The maximum absolute atomic E-state index is 13.8. The number of nitrogens with one attached hydrogen (secondary N) is 1. The van der Waals surface area contributed by atoms with E-state index in [0.29, 0.717) is 18.7 Å². The van der Waals surface area contributed by atoms with Crippen molar-refractivity contribution in [3.05, 3.63) is 112 Å². The first-order chi connectivity index (χ1) is 18.3. The Hall–Kier alpha value is -3.64. The highest BCUT2D eigenvalue weighted by molar-refractivity contribution is 9.10. The molecule has 0 aliphatic carbocycles. The van der Waals surface area contributed by atoms with Crippen molar-refractivity contribution in [2.75, 3.05) is 6.61 Å². The lowest BCUT2D eigenvalue weighted by Crippen LogP contribution is -2.52. The van der Waals surface area contributed by atoms with Crippen molar-refractivity contribution in [3.63, 3.8) is 0 Å². The summed E-state index contributed by atoms with van der Waals surface area (Å²) in [5.41, 5.74) is 3.07. The van der Waals surface area contributed by atoms with Crippen molar-refractivity contribution in [1.29, 1.82) is 0 Å². The van der Waals surface area contributed by atoms with Gasteiger partial charge in [-0.25, -0.2) is 0 Å². The molecule has 4 aromatic carbocycles. The summed E-state index contributed by atoms with van der Waals surface area (Å²) in [5.74, 6) is 0.139. The van der Waals surface area contributed by atoms with E-state index < -0.39 is 6.04 Å². The Bertz CT molecular complexity index is 1390. The Kier molecular flexibility index (Phi) is 9.19. The molecule has 2 amide bonds. The summed E-state index contributed by atoms with van der Waals surface area (Å²) < 4.78 is 6.83. The molecule has 0 bridgehead atoms. The van der Waals surface area contributed by atoms with Gasteiger partial charge in [0, 0.05) is 19.0 Å². The number of amides is 2. The van der Waals surface area contributed by atoms with E-state index in [0.717, 1.165) is 31.9 Å². The SMILES string of the molecule is Cc1ccc(CN(C(=O)COc2ccc3ccccc3c2Br)[C@@H](Cc2ccccc2)C(=O)NC(C)C)cc1. The summed E-state index contributed by atoms with van der Waals surface area (Å²) in [5, 5.41) is 5.10. The molecule has 1 atom stereocenters. The number of hydrogen-bond donors (Lipinski definition) is 1. The van der Waals surface area contributed by atoms with Gasteiger partial charge < -0.3 is 15.0 Å². The quantitative estimate of drug-likeness (QED) is 0.237. The molecule has 6 heteroatoms. The van der Waals surface area contributed by atoms with Crippen LogP contribution in [-0.4, -0.2) is 35.4 Å². The second-order valence-corrected chi connectivity index (χ2v) is 10.6. The average Bonchev–Trinajstić information content (AvgIpc) is 2.91. The van der Waals surface area contributed by atoms with E-state index in [2.05, 4.69) is 21.2 Å². The Balaban J connectivity index is 1.63. The molecule has 0 spiro atoms.